The number of nitrogens with zero attached hydrogens (tertiary/aromatic N) is 1. The highest BCUT2D eigenvalue weighted by atomic mass is 35.5. The molecule has 1 aromatic heterocycles. The number of pyridine rings is 1. The van der Waals surface area contributed by atoms with Crippen LogP contribution >= 0.6 is 11.6 Å². The van der Waals surface area contributed by atoms with Crippen molar-refractivity contribution in [1.29, 1.82) is 0 Å². The molecule has 0 aliphatic carbocycles. The van der Waals surface area contributed by atoms with Crippen molar-refractivity contribution in [3.63, 3.8) is 0 Å². The Morgan fingerprint density at radius 3 is 2.73 bits per heavy atom. The standard InChI is InChI=1S/C11H16ClNO2/c1-3-4-5-13-10(14)6-9(7-12)8(2)11(13)15/h6,15H,3-5,7H2,1-2H3. The van der Waals surface area contributed by atoms with Crippen LogP contribution < -0.4 is 5.56 Å². The summed E-state index contributed by atoms with van der Waals surface area (Å²) in [4.78, 5) is 11.6. The number of rotatable bonds is 4. The van der Waals surface area contributed by atoms with Gasteiger partial charge >= 0.3 is 0 Å². The first-order valence-electron chi connectivity index (χ1n) is 5.10. The third kappa shape index (κ3) is 2.53. The fraction of sp³-hybridized carbons (Fsp3) is 0.545. The fourth-order valence-corrected chi connectivity index (χ4v) is 1.73. The molecule has 1 N–H and O–H groups in total. The molecule has 0 unspecified atom stereocenters. The number of unbranched alkanes of at least 4 members (excludes halogenated alkanes) is 1. The van der Waals surface area contributed by atoms with E-state index in [0.29, 0.717) is 17.7 Å². The molecular formula is C11H16ClNO2. The zero-order valence-corrected chi connectivity index (χ0v) is 9.84. The van der Waals surface area contributed by atoms with Crippen molar-refractivity contribution >= 4 is 11.6 Å². The maximum Gasteiger partial charge on any atom is 0.253 e. The third-order valence-electron chi connectivity index (χ3n) is 2.52. The Bertz CT molecular complexity index is 398. The van der Waals surface area contributed by atoms with Crippen LogP contribution in [0.3, 0.4) is 0 Å². The van der Waals surface area contributed by atoms with Crippen molar-refractivity contribution in [3.8, 4) is 5.88 Å². The highest BCUT2D eigenvalue weighted by molar-refractivity contribution is 6.17. The van der Waals surface area contributed by atoms with Gasteiger partial charge in [0.05, 0.1) is 0 Å². The van der Waals surface area contributed by atoms with Crippen molar-refractivity contribution in [1.82, 2.24) is 4.57 Å². The highest BCUT2D eigenvalue weighted by Gasteiger charge is 2.10. The highest BCUT2D eigenvalue weighted by Crippen LogP contribution is 2.19. The van der Waals surface area contributed by atoms with E-state index in [9.17, 15) is 9.90 Å². The average Bonchev–Trinajstić information content (AvgIpc) is 2.23. The maximum absolute atomic E-state index is 11.6. The zero-order valence-electron chi connectivity index (χ0n) is 9.09. The predicted molar refractivity (Wildman–Crippen MR) is 61.6 cm³/mol. The number of aromatic hydroxyl groups is 1. The second kappa shape index (κ2) is 5.21. The molecule has 0 spiro atoms. The summed E-state index contributed by atoms with van der Waals surface area (Å²) in [5.74, 6) is 0.301. The predicted octanol–water partition coefficient (Wildman–Crippen LogP) is 2.40. The SMILES string of the molecule is CCCCn1c(O)c(C)c(CCl)cc1=O. The smallest absolute Gasteiger partial charge is 0.253 e. The van der Waals surface area contributed by atoms with E-state index in [1.807, 2.05) is 6.92 Å². The van der Waals surface area contributed by atoms with Crippen LogP contribution in [0.5, 0.6) is 5.88 Å². The van der Waals surface area contributed by atoms with Crippen molar-refractivity contribution in [3.05, 3.63) is 27.5 Å². The van der Waals surface area contributed by atoms with Gasteiger partial charge in [-0.25, -0.2) is 0 Å². The molecule has 0 saturated carbocycles. The summed E-state index contributed by atoms with van der Waals surface area (Å²) in [5.41, 5.74) is 1.22. The molecule has 3 nitrogen and oxygen atoms in total. The lowest BCUT2D eigenvalue weighted by Crippen LogP contribution is -2.21. The molecular weight excluding hydrogens is 214 g/mol. The molecule has 15 heavy (non-hydrogen) atoms. The monoisotopic (exact) mass is 229 g/mol. The van der Waals surface area contributed by atoms with Gasteiger partial charge in [0.25, 0.3) is 5.56 Å². The van der Waals surface area contributed by atoms with Crippen molar-refractivity contribution < 1.29 is 5.11 Å². The quantitative estimate of drug-likeness (QED) is 0.806. The first-order valence-corrected chi connectivity index (χ1v) is 5.63. The van der Waals surface area contributed by atoms with E-state index >= 15 is 0 Å². The minimum absolute atomic E-state index is 0.0478. The lowest BCUT2D eigenvalue weighted by atomic mass is 10.1. The van der Waals surface area contributed by atoms with E-state index in [1.54, 1.807) is 6.92 Å². The maximum atomic E-state index is 11.6. The van der Waals surface area contributed by atoms with Crippen LogP contribution in [-0.4, -0.2) is 9.67 Å². The molecule has 0 bridgehead atoms. The molecule has 0 aliphatic heterocycles. The Labute approximate surface area is 94.3 Å². The van der Waals surface area contributed by atoms with Crippen LogP contribution in [0, 0.1) is 6.92 Å². The topological polar surface area (TPSA) is 42.2 Å². The molecule has 0 amide bonds. The van der Waals surface area contributed by atoms with Gasteiger partial charge in [0.2, 0.25) is 0 Å². The van der Waals surface area contributed by atoms with Crippen LogP contribution in [0.2, 0.25) is 0 Å². The first-order chi connectivity index (χ1) is 7.11. The number of halogens is 1. The summed E-state index contributed by atoms with van der Waals surface area (Å²) < 4.78 is 1.40. The molecule has 0 atom stereocenters. The summed E-state index contributed by atoms with van der Waals surface area (Å²) in [6, 6.07) is 1.50. The van der Waals surface area contributed by atoms with Gasteiger partial charge in [-0.05, 0) is 18.9 Å². The van der Waals surface area contributed by atoms with E-state index in [4.69, 9.17) is 11.6 Å². The van der Waals surface area contributed by atoms with E-state index in [2.05, 4.69) is 0 Å². The van der Waals surface area contributed by atoms with E-state index in [0.717, 1.165) is 12.8 Å². The van der Waals surface area contributed by atoms with Gasteiger partial charge in [-0.3, -0.25) is 9.36 Å². The molecule has 1 heterocycles. The van der Waals surface area contributed by atoms with Gasteiger partial charge < -0.3 is 5.11 Å². The number of hydrogen-bond donors (Lipinski definition) is 1. The summed E-state index contributed by atoms with van der Waals surface area (Å²) in [5, 5.41) is 9.82. The molecule has 84 valence electrons. The van der Waals surface area contributed by atoms with Gasteiger partial charge in [0.15, 0.2) is 5.88 Å². The summed E-state index contributed by atoms with van der Waals surface area (Å²) in [7, 11) is 0. The third-order valence-corrected chi connectivity index (χ3v) is 2.80. The van der Waals surface area contributed by atoms with Crippen molar-refractivity contribution in [2.45, 2.75) is 39.1 Å². The number of alkyl halides is 1. The molecule has 0 fully saturated rings. The molecule has 1 rings (SSSR count). The Morgan fingerprint density at radius 2 is 2.20 bits per heavy atom. The van der Waals surface area contributed by atoms with E-state index in [1.165, 1.54) is 10.6 Å². The second-order valence-electron chi connectivity index (χ2n) is 3.60. The van der Waals surface area contributed by atoms with Crippen LogP contribution in [-0.2, 0) is 12.4 Å². The van der Waals surface area contributed by atoms with Crippen LogP contribution in [0.15, 0.2) is 10.9 Å². The van der Waals surface area contributed by atoms with Crippen molar-refractivity contribution in [2.75, 3.05) is 0 Å². The number of hydrogen-bond acceptors (Lipinski definition) is 2. The van der Waals surface area contributed by atoms with E-state index < -0.39 is 0 Å². The fourth-order valence-electron chi connectivity index (χ4n) is 1.46. The average molecular weight is 230 g/mol. The minimum Gasteiger partial charge on any atom is -0.494 e. The second-order valence-corrected chi connectivity index (χ2v) is 3.86. The summed E-state index contributed by atoms with van der Waals surface area (Å²) in [6.45, 7) is 4.38. The molecule has 0 aromatic carbocycles. The summed E-state index contributed by atoms with van der Waals surface area (Å²) in [6.07, 6.45) is 1.87. The Kier molecular flexibility index (Phi) is 4.21. The zero-order chi connectivity index (χ0) is 11.4. The molecule has 0 radical (unpaired) electrons. The van der Waals surface area contributed by atoms with Gasteiger partial charge in [0.1, 0.15) is 0 Å². The van der Waals surface area contributed by atoms with E-state index in [-0.39, 0.29) is 17.3 Å². The van der Waals surface area contributed by atoms with Gasteiger partial charge in [-0.15, -0.1) is 11.6 Å². The largest absolute Gasteiger partial charge is 0.494 e. The number of aromatic nitrogens is 1. The molecule has 0 aliphatic rings. The minimum atomic E-state index is -0.179. The van der Waals surface area contributed by atoms with Crippen LogP contribution in [0.25, 0.3) is 0 Å². The normalized spacial score (nSPS) is 10.6. The Balaban J connectivity index is 3.18. The summed E-state index contributed by atoms with van der Waals surface area (Å²) >= 11 is 5.67. The van der Waals surface area contributed by atoms with Gasteiger partial charge in [0, 0.05) is 24.1 Å². The Morgan fingerprint density at radius 1 is 1.53 bits per heavy atom. The first kappa shape index (κ1) is 12.1. The van der Waals surface area contributed by atoms with Gasteiger partial charge in [-0.1, -0.05) is 13.3 Å². The lowest BCUT2D eigenvalue weighted by molar-refractivity contribution is 0.396. The lowest BCUT2D eigenvalue weighted by Gasteiger charge is -2.12. The molecule has 4 heteroatoms. The van der Waals surface area contributed by atoms with Gasteiger partial charge in [-0.2, -0.15) is 0 Å². The molecule has 0 saturated heterocycles. The van der Waals surface area contributed by atoms with Crippen molar-refractivity contribution in [2.24, 2.45) is 0 Å². The van der Waals surface area contributed by atoms with Crippen LogP contribution in [0.4, 0.5) is 0 Å². The Hall–Kier alpha value is -0.960. The molecule has 1 aromatic rings. The van der Waals surface area contributed by atoms with Crippen LogP contribution in [0.1, 0.15) is 30.9 Å².